The summed E-state index contributed by atoms with van der Waals surface area (Å²) in [7, 11) is 0. The molecule has 0 aliphatic rings. The van der Waals surface area contributed by atoms with Gasteiger partial charge in [-0.05, 0) is 36.8 Å². The maximum absolute atomic E-state index is 6.11. The topological polar surface area (TPSA) is 39.2 Å². The van der Waals surface area contributed by atoms with Crippen LogP contribution in [0.2, 0.25) is 5.02 Å². The highest BCUT2D eigenvalue weighted by Gasteiger charge is 2.15. The van der Waals surface area contributed by atoms with Crippen LogP contribution in [0.3, 0.4) is 0 Å². The Morgan fingerprint density at radius 2 is 2.06 bits per heavy atom. The molecule has 0 saturated heterocycles. The Morgan fingerprint density at radius 1 is 1.31 bits per heavy atom. The average Bonchev–Trinajstić information content (AvgIpc) is 2.64. The third-order valence-electron chi connectivity index (χ3n) is 2.37. The highest BCUT2D eigenvalue weighted by Crippen LogP contribution is 2.29. The van der Waals surface area contributed by atoms with E-state index in [-0.39, 0.29) is 6.04 Å². The monoisotopic (exact) mass is 299 g/mol. The molecule has 4 heteroatoms. The Morgan fingerprint density at radius 3 is 2.62 bits per heavy atom. The summed E-state index contributed by atoms with van der Waals surface area (Å²) in [6.45, 7) is 1.90. The second kappa shape index (κ2) is 4.62. The van der Waals surface area contributed by atoms with Crippen LogP contribution < -0.4 is 5.73 Å². The number of aryl methyl sites for hydroxylation is 1. The summed E-state index contributed by atoms with van der Waals surface area (Å²) in [4.78, 5) is 0. The highest BCUT2D eigenvalue weighted by atomic mass is 79.9. The number of rotatable bonds is 2. The van der Waals surface area contributed by atoms with E-state index < -0.39 is 0 Å². The number of hydrogen-bond donors (Lipinski definition) is 1. The standard InChI is InChI=1S/C12H11BrClNO/c1-7-2-5-11(16-7)12(15)9-4-3-8(14)6-10(9)13/h2-6,12H,15H2,1H3. The first-order valence-corrected chi connectivity index (χ1v) is 6.02. The Labute approximate surface area is 108 Å². The molecule has 16 heavy (non-hydrogen) atoms. The van der Waals surface area contributed by atoms with Gasteiger partial charge >= 0.3 is 0 Å². The van der Waals surface area contributed by atoms with E-state index in [4.69, 9.17) is 21.8 Å². The number of nitrogens with two attached hydrogens (primary N) is 1. The van der Waals surface area contributed by atoms with E-state index in [1.54, 1.807) is 0 Å². The molecule has 2 N–H and O–H groups in total. The maximum Gasteiger partial charge on any atom is 0.125 e. The Balaban J connectivity index is 2.37. The smallest absolute Gasteiger partial charge is 0.125 e. The molecule has 0 fully saturated rings. The summed E-state index contributed by atoms with van der Waals surface area (Å²) in [6, 6.07) is 9.05. The molecular formula is C12H11BrClNO. The zero-order valence-electron chi connectivity index (χ0n) is 8.71. The molecule has 0 bridgehead atoms. The van der Waals surface area contributed by atoms with Crippen molar-refractivity contribution >= 4 is 27.5 Å². The second-order valence-electron chi connectivity index (χ2n) is 3.59. The molecule has 1 aromatic carbocycles. The molecule has 0 amide bonds. The second-order valence-corrected chi connectivity index (χ2v) is 4.88. The Bertz CT molecular complexity index is 509. The lowest BCUT2D eigenvalue weighted by Crippen LogP contribution is -2.11. The Hall–Kier alpha value is -0.770. The quantitative estimate of drug-likeness (QED) is 0.908. The van der Waals surface area contributed by atoms with Crippen molar-refractivity contribution < 1.29 is 4.42 Å². The largest absolute Gasteiger partial charge is 0.464 e. The van der Waals surface area contributed by atoms with Crippen LogP contribution >= 0.6 is 27.5 Å². The molecule has 0 aliphatic heterocycles. The van der Waals surface area contributed by atoms with Gasteiger partial charge in [-0.2, -0.15) is 0 Å². The van der Waals surface area contributed by atoms with Gasteiger partial charge in [-0.1, -0.05) is 33.6 Å². The molecule has 1 aromatic heterocycles. The molecule has 1 atom stereocenters. The van der Waals surface area contributed by atoms with E-state index in [0.29, 0.717) is 5.02 Å². The summed E-state index contributed by atoms with van der Waals surface area (Å²) in [5, 5.41) is 0.679. The van der Waals surface area contributed by atoms with Crippen molar-refractivity contribution in [3.63, 3.8) is 0 Å². The average molecular weight is 301 g/mol. The third-order valence-corrected chi connectivity index (χ3v) is 3.29. The normalized spacial score (nSPS) is 12.8. The Kier molecular flexibility index (Phi) is 3.38. The van der Waals surface area contributed by atoms with E-state index in [0.717, 1.165) is 21.6 Å². The molecule has 84 valence electrons. The number of hydrogen-bond acceptors (Lipinski definition) is 2. The number of halogens is 2. The predicted molar refractivity (Wildman–Crippen MR) is 68.6 cm³/mol. The molecule has 2 nitrogen and oxygen atoms in total. The molecule has 0 aliphatic carbocycles. The van der Waals surface area contributed by atoms with Crippen LogP contribution in [0, 0.1) is 6.92 Å². The molecule has 0 saturated carbocycles. The fourth-order valence-electron chi connectivity index (χ4n) is 1.53. The van der Waals surface area contributed by atoms with E-state index in [1.807, 2.05) is 37.3 Å². The van der Waals surface area contributed by atoms with Crippen LogP contribution in [0.25, 0.3) is 0 Å². The molecular weight excluding hydrogens is 289 g/mol. The zero-order chi connectivity index (χ0) is 11.7. The van der Waals surface area contributed by atoms with E-state index >= 15 is 0 Å². The molecule has 1 heterocycles. The van der Waals surface area contributed by atoms with Gasteiger partial charge in [-0.3, -0.25) is 0 Å². The lowest BCUT2D eigenvalue weighted by atomic mass is 10.1. The van der Waals surface area contributed by atoms with Crippen molar-refractivity contribution in [3.8, 4) is 0 Å². The van der Waals surface area contributed by atoms with Gasteiger partial charge in [0.15, 0.2) is 0 Å². The van der Waals surface area contributed by atoms with E-state index in [1.165, 1.54) is 0 Å². The van der Waals surface area contributed by atoms with Gasteiger partial charge in [0.1, 0.15) is 11.5 Å². The van der Waals surface area contributed by atoms with Gasteiger partial charge in [0.05, 0.1) is 6.04 Å². The summed E-state index contributed by atoms with van der Waals surface area (Å²) < 4.78 is 6.40. The van der Waals surface area contributed by atoms with Gasteiger partial charge in [0.25, 0.3) is 0 Å². The van der Waals surface area contributed by atoms with Crippen molar-refractivity contribution in [2.24, 2.45) is 5.73 Å². The van der Waals surface area contributed by atoms with Crippen molar-refractivity contribution in [2.75, 3.05) is 0 Å². The van der Waals surface area contributed by atoms with Gasteiger partial charge in [-0.25, -0.2) is 0 Å². The fourth-order valence-corrected chi connectivity index (χ4v) is 2.46. The summed E-state index contributed by atoms with van der Waals surface area (Å²) in [6.07, 6.45) is 0. The minimum atomic E-state index is -0.277. The minimum absolute atomic E-state index is 0.277. The number of benzene rings is 1. The van der Waals surface area contributed by atoms with E-state index in [2.05, 4.69) is 15.9 Å². The predicted octanol–water partition coefficient (Wildman–Crippen LogP) is 4.05. The summed E-state index contributed by atoms with van der Waals surface area (Å²) >= 11 is 9.32. The fraction of sp³-hybridized carbons (Fsp3) is 0.167. The van der Waals surface area contributed by atoms with Gasteiger partial charge in [0, 0.05) is 9.50 Å². The van der Waals surface area contributed by atoms with Crippen LogP contribution in [0.1, 0.15) is 23.1 Å². The lowest BCUT2D eigenvalue weighted by molar-refractivity contribution is 0.466. The third kappa shape index (κ3) is 2.32. The molecule has 0 radical (unpaired) electrons. The lowest BCUT2D eigenvalue weighted by Gasteiger charge is -2.11. The highest BCUT2D eigenvalue weighted by molar-refractivity contribution is 9.10. The molecule has 0 spiro atoms. The van der Waals surface area contributed by atoms with Crippen molar-refractivity contribution in [3.05, 3.63) is 56.9 Å². The van der Waals surface area contributed by atoms with Crippen molar-refractivity contribution in [1.29, 1.82) is 0 Å². The van der Waals surface area contributed by atoms with Gasteiger partial charge in [0.2, 0.25) is 0 Å². The van der Waals surface area contributed by atoms with Crippen molar-refractivity contribution in [1.82, 2.24) is 0 Å². The SMILES string of the molecule is Cc1ccc(C(N)c2ccc(Cl)cc2Br)o1. The van der Waals surface area contributed by atoms with E-state index in [9.17, 15) is 0 Å². The first-order valence-electron chi connectivity index (χ1n) is 4.85. The maximum atomic E-state index is 6.11. The zero-order valence-corrected chi connectivity index (χ0v) is 11.0. The van der Waals surface area contributed by atoms with Crippen LogP contribution in [0.4, 0.5) is 0 Å². The summed E-state index contributed by atoms with van der Waals surface area (Å²) in [5.41, 5.74) is 7.07. The van der Waals surface area contributed by atoms with Gasteiger partial charge < -0.3 is 10.2 Å². The van der Waals surface area contributed by atoms with Crippen LogP contribution in [0.5, 0.6) is 0 Å². The van der Waals surface area contributed by atoms with Crippen LogP contribution in [-0.4, -0.2) is 0 Å². The molecule has 2 aromatic rings. The first kappa shape index (κ1) is 11.7. The first-order chi connectivity index (χ1) is 7.58. The molecule has 1 unspecified atom stereocenters. The number of furan rings is 1. The van der Waals surface area contributed by atoms with Crippen molar-refractivity contribution in [2.45, 2.75) is 13.0 Å². The van der Waals surface area contributed by atoms with Crippen LogP contribution in [0.15, 0.2) is 39.2 Å². The summed E-state index contributed by atoms with van der Waals surface area (Å²) in [5.74, 6) is 1.61. The molecule has 2 rings (SSSR count). The minimum Gasteiger partial charge on any atom is -0.464 e. The van der Waals surface area contributed by atoms with Gasteiger partial charge in [-0.15, -0.1) is 0 Å². The van der Waals surface area contributed by atoms with Crippen LogP contribution in [-0.2, 0) is 0 Å².